The Balaban J connectivity index is 0.000000638. The molecule has 3 rings (SSSR count). The third-order valence-electron chi connectivity index (χ3n) is 5.81. The van der Waals surface area contributed by atoms with Crippen LogP contribution in [0.5, 0.6) is 0 Å². The quantitative estimate of drug-likeness (QED) is 0.270. The predicted octanol–water partition coefficient (Wildman–Crippen LogP) is 5.88. The molecular weight excluding hydrogens is 495 g/mol. The van der Waals surface area contributed by atoms with Gasteiger partial charge in [-0.15, -0.1) is 0 Å². The third kappa shape index (κ3) is 11.1. The van der Waals surface area contributed by atoms with Gasteiger partial charge in [0.25, 0.3) is 5.91 Å². The molecule has 204 valence electrons. The summed E-state index contributed by atoms with van der Waals surface area (Å²) in [5.41, 5.74) is 5.11. The molecule has 0 aliphatic carbocycles. The fourth-order valence-corrected chi connectivity index (χ4v) is 3.33. The Morgan fingerprint density at radius 3 is 2.26 bits per heavy atom. The van der Waals surface area contributed by atoms with Gasteiger partial charge in [0.05, 0.1) is 5.69 Å². The number of benzene rings is 2. The largest absolute Gasteiger partial charge is 0.490 e. The smallest absolute Gasteiger partial charge is 0.475 e. The molecule has 1 amide bonds. The van der Waals surface area contributed by atoms with Crippen molar-refractivity contribution >= 4 is 11.9 Å². The van der Waals surface area contributed by atoms with Crippen LogP contribution in [0.1, 0.15) is 48.2 Å². The van der Waals surface area contributed by atoms with E-state index in [1.807, 2.05) is 6.07 Å². The van der Waals surface area contributed by atoms with Crippen molar-refractivity contribution < 1.29 is 27.9 Å². The van der Waals surface area contributed by atoms with Gasteiger partial charge in [0, 0.05) is 30.4 Å². The SMILES string of the molecule is CC[C@H](C)CNC(=O)c1ccnc(-c2ccc(CNCCCc3ccccc3)cc2)c1.O=C(O)C(F)(F)F. The molecule has 0 bridgehead atoms. The highest BCUT2D eigenvalue weighted by molar-refractivity contribution is 5.95. The van der Waals surface area contributed by atoms with Crippen LogP contribution in [-0.4, -0.2) is 41.2 Å². The van der Waals surface area contributed by atoms with Gasteiger partial charge in [-0.25, -0.2) is 4.79 Å². The standard InChI is InChI=1S/C27H33N3O.C2HF3O2/c1-3-21(2)19-30-27(31)25-15-17-29-26(18-25)24-13-11-23(12-14-24)20-28-16-7-10-22-8-5-4-6-9-22;3-2(4,5)1(6)7/h4-6,8-9,11-15,17-18,21,28H,3,7,10,16,19-20H2,1-2H3,(H,30,31);(H,6,7)/t21-;/m0./s1. The van der Waals surface area contributed by atoms with Crippen molar-refractivity contribution in [2.75, 3.05) is 13.1 Å². The molecule has 0 aliphatic rings. The molecule has 0 radical (unpaired) electrons. The minimum Gasteiger partial charge on any atom is -0.475 e. The van der Waals surface area contributed by atoms with Crippen molar-refractivity contribution in [1.82, 2.24) is 15.6 Å². The summed E-state index contributed by atoms with van der Waals surface area (Å²) in [6.07, 6.45) is -0.108. The van der Waals surface area contributed by atoms with Gasteiger partial charge in [0.2, 0.25) is 0 Å². The molecule has 2 aromatic carbocycles. The summed E-state index contributed by atoms with van der Waals surface area (Å²) in [6, 6.07) is 22.6. The van der Waals surface area contributed by atoms with E-state index in [1.54, 1.807) is 12.3 Å². The lowest BCUT2D eigenvalue weighted by Crippen LogP contribution is -2.28. The number of hydrogen-bond donors (Lipinski definition) is 3. The van der Waals surface area contributed by atoms with Gasteiger partial charge in [-0.2, -0.15) is 13.2 Å². The lowest BCUT2D eigenvalue weighted by molar-refractivity contribution is -0.192. The Labute approximate surface area is 221 Å². The normalized spacial score (nSPS) is 11.7. The molecule has 3 aromatic rings. The number of alkyl halides is 3. The number of carbonyl (C=O) groups excluding carboxylic acids is 1. The molecular formula is C29H34F3N3O3. The van der Waals surface area contributed by atoms with Crippen LogP contribution >= 0.6 is 0 Å². The lowest BCUT2D eigenvalue weighted by Gasteiger charge is -2.11. The molecule has 3 N–H and O–H groups in total. The summed E-state index contributed by atoms with van der Waals surface area (Å²) in [5.74, 6) is -2.32. The number of amides is 1. The number of aliphatic carboxylic acids is 1. The number of nitrogens with zero attached hydrogens (tertiary/aromatic N) is 1. The molecule has 0 unspecified atom stereocenters. The zero-order valence-corrected chi connectivity index (χ0v) is 21.6. The highest BCUT2D eigenvalue weighted by Crippen LogP contribution is 2.19. The molecule has 1 atom stereocenters. The van der Waals surface area contributed by atoms with Crippen molar-refractivity contribution in [3.8, 4) is 11.3 Å². The summed E-state index contributed by atoms with van der Waals surface area (Å²) in [4.78, 5) is 25.8. The molecule has 0 saturated carbocycles. The molecule has 0 fully saturated rings. The molecule has 0 aliphatic heterocycles. The van der Waals surface area contributed by atoms with E-state index in [0.29, 0.717) is 18.0 Å². The minimum absolute atomic E-state index is 0.0414. The summed E-state index contributed by atoms with van der Waals surface area (Å²) in [7, 11) is 0. The van der Waals surface area contributed by atoms with E-state index >= 15 is 0 Å². The first kappa shape index (κ1) is 30.5. The second-order valence-corrected chi connectivity index (χ2v) is 8.92. The maximum Gasteiger partial charge on any atom is 0.490 e. The first-order valence-corrected chi connectivity index (χ1v) is 12.5. The fraction of sp³-hybridized carbons (Fsp3) is 0.345. The van der Waals surface area contributed by atoms with Gasteiger partial charge in [0.1, 0.15) is 0 Å². The average Bonchev–Trinajstić information content (AvgIpc) is 2.92. The van der Waals surface area contributed by atoms with E-state index in [2.05, 4.69) is 84.1 Å². The molecule has 0 saturated heterocycles. The van der Waals surface area contributed by atoms with Crippen LogP contribution in [0.3, 0.4) is 0 Å². The summed E-state index contributed by atoms with van der Waals surface area (Å²) in [6.45, 7) is 6.80. The number of hydrogen-bond acceptors (Lipinski definition) is 4. The Kier molecular flexibility index (Phi) is 12.5. The Morgan fingerprint density at radius 1 is 1.00 bits per heavy atom. The highest BCUT2D eigenvalue weighted by Gasteiger charge is 2.38. The first-order valence-electron chi connectivity index (χ1n) is 12.5. The zero-order chi connectivity index (χ0) is 28.0. The number of aromatic nitrogens is 1. The van der Waals surface area contributed by atoms with Crippen LogP contribution in [0.25, 0.3) is 11.3 Å². The van der Waals surface area contributed by atoms with Crippen molar-refractivity contribution in [2.24, 2.45) is 5.92 Å². The molecule has 6 nitrogen and oxygen atoms in total. The topological polar surface area (TPSA) is 91.3 Å². The Hall–Kier alpha value is -3.72. The maximum atomic E-state index is 12.4. The van der Waals surface area contributed by atoms with Gasteiger partial charge < -0.3 is 15.7 Å². The monoisotopic (exact) mass is 529 g/mol. The number of pyridine rings is 1. The van der Waals surface area contributed by atoms with Gasteiger partial charge in [-0.1, -0.05) is 74.9 Å². The number of halogens is 3. The van der Waals surface area contributed by atoms with E-state index < -0.39 is 12.1 Å². The molecule has 1 aromatic heterocycles. The second kappa shape index (κ2) is 15.5. The zero-order valence-electron chi connectivity index (χ0n) is 21.6. The van der Waals surface area contributed by atoms with E-state index in [0.717, 1.165) is 43.6 Å². The fourth-order valence-electron chi connectivity index (χ4n) is 3.33. The van der Waals surface area contributed by atoms with E-state index in [9.17, 15) is 18.0 Å². The molecule has 38 heavy (non-hydrogen) atoms. The van der Waals surface area contributed by atoms with E-state index in [4.69, 9.17) is 9.90 Å². The minimum atomic E-state index is -5.08. The number of aryl methyl sites for hydroxylation is 1. The third-order valence-corrected chi connectivity index (χ3v) is 5.81. The van der Waals surface area contributed by atoms with Crippen LogP contribution in [-0.2, 0) is 17.8 Å². The van der Waals surface area contributed by atoms with Crippen molar-refractivity contribution in [3.63, 3.8) is 0 Å². The highest BCUT2D eigenvalue weighted by atomic mass is 19.4. The first-order chi connectivity index (χ1) is 18.1. The number of carboxylic acid groups (broad SMARTS) is 1. The number of carboxylic acids is 1. The predicted molar refractivity (Wildman–Crippen MR) is 142 cm³/mol. The van der Waals surface area contributed by atoms with Gasteiger partial charge in [0.15, 0.2) is 0 Å². The summed E-state index contributed by atoms with van der Waals surface area (Å²) < 4.78 is 31.7. The molecule has 0 spiro atoms. The van der Waals surface area contributed by atoms with Gasteiger partial charge >= 0.3 is 12.1 Å². The summed E-state index contributed by atoms with van der Waals surface area (Å²) >= 11 is 0. The average molecular weight is 530 g/mol. The van der Waals surface area contributed by atoms with Gasteiger partial charge in [-0.3, -0.25) is 9.78 Å². The summed E-state index contributed by atoms with van der Waals surface area (Å²) in [5, 5.41) is 13.6. The molecule has 1 heterocycles. The van der Waals surface area contributed by atoms with Crippen LogP contribution in [0, 0.1) is 5.92 Å². The molecule has 9 heteroatoms. The number of rotatable bonds is 11. The van der Waals surface area contributed by atoms with Crippen LogP contribution in [0.15, 0.2) is 72.9 Å². The number of nitrogens with one attached hydrogen (secondary N) is 2. The van der Waals surface area contributed by atoms with Crippen LogP contribution in [0.2, 0.25) is 0 Å². The lowest BCUT2D eigenvalue weighted by atomic mass is 10.1. The van der Waals surface area contributed by atoms with Crippen molar-refractivity contribution in [2.45, 2.75) is 45.8 Å². The van der Waals surface area contributed by atoms with Crippen molar-refractivity contribution in [3.05, 3.63) is 89.6 Å². The van der Waals surface area contributed by atoms with Gasteiger partial charge in [-0.05, 0) is 48.6 Å². The second-order valence-electron chi connectivity index (χ2n) is 8.92. The van der Waals surface area contributed by atoms with E-state index in [1.165, 1.54) is 11.1 Å². The maximum absolute atomic E-state index is 12.4. The number of carbonyl (C=O) groups is 2. The van der Waals surface area contributed by atoms with Crippen LogP contribution in [0.4, 0.5) is 13.2 Å². The van der Waals surface area contributed by atoms with E-state index in [-0.39, 0.29) is 5.91 Å². The van der Waals surface area contributed by atoms with Crippen LogP contribution < -0.4 is 10.6 Å². The Bertz CT molecular complexity index is 1140. The van der Waals surface area contributed by atoms with Crippen molar-refractivity contribution in [1.29, 1.82) is 0 Å². The Morgan fingerprint density at radius 2 is 1.66 bits per heavy atom.